The minimum absolute atomic E-state index is 0.346. The Morgan fingerprint density at radius 2 is 1.92 bits per heavy atom. The van der Waals surface area contributed by atoms with Crippen molar-refractivity contribution in [1.82, 2.24) is 0 Å². The van der Waals surface area contributed by atoms with Crippen molar-refractivity contribution in [1.29, 1.82) is 0 Å². The summed E-state index contributed by atoms with van der Waals surface area (Å²) in [4.78, 5) is 0. The van der Waals surface area contributed by atoms with Gasteiger partial charge in [-0.3, -0.25) is 0 Å². The van der Waals surface area contributed by atoms with E-state index in [0.717, 1.165) is 12.5 Å². The fourth-order valence-electron chi connectivity index (χ4n) is 1.07. The molecule has 2 heteroatoms. The molecule has 0 radical (unpaired) electrons. The average Bonchev–Trinajstić information content (AvgIpc) is 2.03. The first-order chi connectivity index (χ1) is 5.98. The molecule has 0 unspecified atom stereocenters. The Labute approximate surface area is 87.9 Å². The zero-order valence-electron chi connectivity index (χ0n) is 9.60. The topological polar surface area (TPSA) is 26.0 Å². The van der Waals surface area contributed by atoms with Gasteiger partial charge < -0.3 is 5.73 Å². The highest BCUT2D eigenvalue weighted by atomic mass is 32.2. The molecule has 0 rings (SSSR count). The highest BCUT2D eigenvalue weighted by molar-refractivity contribution is 7.99. The van der Waals surface area contributed by atoms with Crippen molar-refractivity contribution < 1.29 is 0 Å². The van der Waals surface area contributed by atoms with Crippen molar-refractivity contribution in [2.24, 2.45) is 17.1 Å². The molecule has 0 heterocycles. The maximum atomic E-state index is 5.66. The summed E-state index contributed by atoms with van der Waals surface area (Å²) in [5.74, 6) is 3.41. The van der Waals surface area contributed by atoms with Gasteiger partial charge in [-0.15, -0.1) is 0 Å². The number of hydrogen-bond donors (Lipinski definition) is 1. The molecule has 0 aromatic carbocycles. The van der Waals surface area contributed by atoms with Crippen LogP contribution in [0.4, 0.5) is 0 Å². The number of thioether (sulfide) groups is 1. The van der Waals surface area contributed by atoms with Crippen molar-refractivity contribution in [3.8, 4) is 0 Å². The molecule has 0 aliphatic carbocycles. The van der Waals surface area contributed by atoms with Gasteiger partial charge in [-0.2, -0.15) is 11.8 Å². The van der Waals surface area contributed by atoms with E-state index < -0.39 is 0 Å². The molecule has 0 bridgehead atoms. The molecule has 0 atom stereocenters. The Morgan fingerprint density at radius 3 is 2.38 bits per heavy atom. The molecule has 0 saturated carbocycles. The molecule has 0 amide bonds. The van der Waals surface area contributed by atoms with Crippen molar-refractivity contribution in [3.05, 3.63) is 0 Å². The number of hydrogen-bond acceptors (Lipinski definition) is 2. The van der Waals surface area contributed by atoms with Gasteiger partial charge in [0.1, 0.15) is 0 Å². The van der Waals surface area contributed by atoms with Crippen molar-refractivity contribution >= 4 is 11.8 Å². The molecule has 0 saturated heterocycles. The molecule has 0 fully saturated rings. The monoisotopic (exact) mass is 203 g/mol. The molecule has 13 heavy (non-hydrogen) atoms. The third kappa shape index (κ3) is 8.63. The fraction of sp³-hybridized carbons (Fsp3) is 1.00. The predicted octanol–water partition coefficient (Wildman–Crippen LogP) is 3.14. The normalized spacial score (nSPS) is 12.5. The second kappa shape index (κ2) is 6.72. The van der Waals surface area contributed by atoms with E-state index in [2.05, 4.69) is 39.5 Å². The van der Waals surface area contributed by atoms with Crippen LogP contribution in [-0.2, 0) is 0 Å². The van der Waals surface area contributed by atoms with Gasteiger partial charge in [0.25, 0.3) is 0 Å². The quantitative estimate of drug-likeness (QED) is 0.643. The smallest absolute Gasteiger partial charge is 0.00258 e. The van der Waals surface area contributed by atoms with E-state index in [1.54, 1.807) is 0 Å². The molecule has 0 aromatic heterocycles. The van der Waals surface area contributed by atoms with Crippen LogP contribution in [0.25, 0.3) is 0 Å². The second-order valence-corrected chi connectivity index (χ2v) is 6.09. The Hall–Kier alpha value is 0.310. The van der Waals surface area contributed by atoms with Crippen LogP contribution in [-0.4, -0.2) is 18.1 Å². The number of rotatable bonds is 7. The summed E-state index contributed by atoms with van der Waals surface area (Å²) in [5.41, 5.74) is 6.01. The fourth-order valence-corrected chi connectivity index (χ4v) is 2.06. The minimum Gasteiger partial charge on any atom is -0.330 e. The Bertz CT molecular complexity index is 121. The molecule has 80 valence electrons. The van der Waals surface area contributed by atoms with Gasteiger partial charge in [-0.05, 0) is 42.2 Å². The zero-order valence-corrected chi connectivity index (χ0v) is 10.4. The van der Waals surface area contributed by atoms with Gasteiger partial charge in [-0.1, -0.05) is 27.7 Å². The lowest BCUT2D eigenvalue weighted by Gasteiger charge is -2.21. The predicted molar refractivity (Wildman–Crippen MR) is 64.2 cm³/mol. The van der Waals surface area contributed by atoms with Crippen LogP contribution in [0.2, 0.25) is 0 Å². The molecule has 1 nitrogen and oxygen atoms in total. The van der Waals surface area contributed by atoms with Gasteiger partial charge in [0.2, 0.25) is 0 Å². The van der Waals surface area contributed by atoms with Crippen molar-refractivity contribution in [2.45, 2.75) is 40.5 Å². The van der Waals surface area contributed by atoms with E-state index >= 15 is 0 Å². The molecule has 0 aliphatic heterocycles. The van der Waals surface area contributed by atoms with Gasteiger partial charge in [0, 0.05) is 0 Å². The van der Waals surface area contributed by atoms with Crippen molar-refractivity contribution in [2.75, 3.05) is 18.1 Å². The lowest BCUT2D eigenvalue weighted by Crippen LogP contribution is -2.23. The first-order valence-electron chi connectivity index (χ1n) is 5.26. The lowest BCUT2D eigenvalue weighted by molar-refractivity contribution is 0.345. The summed E-state index contributed by atoms with van der Waals surface area (Å²) < 4.78 is 0. The molecule has 0 aliphatic rings. The maximum absolute atomic E-state index is 5.66. The van der Waals surface area contributed by atoms with E-state index in [1.165, 1.54) is 24.3 Å². The van der Waals surface area contributed by atoms with Crippen molar-refractivity contribution in [3.63, 3.8) is 0 Å². The van der Waals surface area contributed by atoms with Crippen LogP contribution in [0.15, 0.2) is 0 Å². The molecule has 0 aromatic rings. The van der Waals surface area contributed by atoms with Gasteiger partial charge in [0.15, 0.2) is 0 Å². The van der Waals surface area contributed by atoms with Crippen LogP contribution < -0.4 is 5.73 Å². The first-order valence-corrected chi connectivity index (χ1v) is 6.41. The Kier molecular flexibility index (Phi) is 6.88. The Morgan fingerprint density at radius 1 is 1.31 bits per heavy atom. The van der Waals surface area contributed by atoms with Crippen LogP contribution in [0.1, 0.15) is 40.5 Å². The van der Waals surface area contributed by atoms with E-state index in [1.807, 2.05) is 0 Å². The second-order valence-electron chi connectivity index (χ2n) is 4.94. The minimum atomic E-state index is 0.346. The van der Waals surface area contributed by atoms with E-state index in [9.17, 15) is 0 Å². The summed E-state index contributed by atoms with van der Waals surface area (Å²) in [7, 11) is 0. The third-order valence-electron chi connectivity index (χ3n) is 2.15. The third-order valence-corrected chi connectivity index (χ3v) is 3.63. The zero-order chi connectivity index (χ0) is 10.3. The molecule has 0 spiro atoms. The van der Waals surface area contributed by atoms with Crippen LogP contribution in [0, 0.1) is 11.3 Å². The van der Waals surface area contributed by atoms with E-state index in [0.29, 0.717) is 5.41 Å². The number of nitrogens with two attached hydrogens (primary N) is 1. The van der Waals surface area contributed by atoms with E-state index in [4.69, 9.17) is 5.73 Å². The molecular weight excluding hydrogens is 178 g/mol. The van der Waals surface area contributed by atoms with Crippen LogP contribution in [0.5, 0.6) is 0 Å². The van der Waals surface area contributed by atoms with Crippen LogP contribution in [0.3, 0.4) is 0 Å². The van der Waals surface area contributed by atoms with Gasteiger partial charge >= 0.3 is 0 Å². The van der Waals surface area contributed by atoms with Gasteiger partial charge in [0.05, 0.1) is 0 Å². The highest BCUT2D eigenvalue weighted by Gasteiger charge is 2.14. The standard InChI is InChI=1S/C11H25NS/c1-10(2)8-13-7-5-6-11(3,4)9-12/h10H,5-9,12H2,1-4H3. The largest absolute Gasteiger partial charge is 0.330 e. The average molecular weight is 203 g/mol. The summed E-state index contributed by atoms with van der Waals surface area (Å²) in [6.45, 7) is 9.86. The molecular formula is C11H25NS. The molecule has 2 N–H and O–H groups in total. The summed E-state index contributed by atoms with van der Waals surface area (Å²) in [5, 5.41) is 0. The maximum Gasteiger partial charge on any atom is -0.00258 e. The summed E-state index contributed by atoms with van der Waals surface area (Å²) in [6, 6.07) is 0. The Balaban J connectivity index is 3.26. The summed E-state index contributed by atoms with van der Waals surface area (Å²) >= 11 is 2.07. The first kappa shape index (κ1) is 13.3. The van der Waals surface area contributed by atoms with Gasteiger partial charge in [-0.25, -0.2) is 0 Å². The van der Waals surface area contributed by atoms with Crippen LogP contribution >= 0.6 is 11.8 Å². The van der Waals surface area contributed by atoms with E-state index in [-0.39, 0.29) is 0 Å². The highest BCUT2D eigenvalue weighted by Crippen LogP contribution is 2.22. The summed E-state index contributed by atoms with van der Waals surface area (Å²) in [6.07, 6.45) is 2.57. The SMILES string of the molecule is CC(C)CSCCCC(C)(C)CN. The lowest BCUT2D eigenvalue weighted by atomic mass is 9.88.